The maximum absolute atomic E-state index is 12.8. The SMILES string of the molecule is CCNC(=O)c1noc(-c2cc(C(C)C)c(O)cc2[C@@](N)(CCCCN)C(=O)O)c1-c1noc(C)n1. The van der Waals surface area contributed by atoms with Crippen molar-refractivity contribution in [3.05, 3.63) is 34.8 Å². The molecule has 36 heavy (non-hydrogen) atoms. The zero-order valence-corrected chi connectivity index (χ0v) is 20.8. The van der Waals surface area contributed by atoms with Crippen LogP contribution in [-0.2, 0) is 10.3 Å². The fraction of sp³-hybridized carbons (Fsp3) is 0.458. The van der Waals surface area contributed by atoms with E-state index in [0.717, 1.165) is 0 Å². The lowest BCUT2D eigenvalue weighted by molar-refractivity contribution is -0.144. The second-order valence-corrected chi connectivity index (χ2v) is 8.87. The zero-order chi connectivity index (χ0) is 26.6. The molecule has 3 rings (SSSR count). The fourth-order valence-corrected chi connectivity index (χ4v) is 4.01. The number of aromatic nitrogens is 3. The molecule has 0 spiro atoms. The van der Waals surface area contributed by atoms with Crippen LogP contribution >= 0.6 is 0 Å². The van der Waals surface area contributed by atoms with E-state index < -0.39 is 17.4 Å². The number of rotatable bonds is 11. The van der Waals surface area contributed by atoms with E-state index in [0.29, 0.717) is 31.5 Å². The smallest absolute Gasteiger partial charge is 0.328 e. The third-order valence-corrected chi connectivity index (χ3v) is 5.92. The Morgan fingerprint density at radius 3 is 2.47 bits per heavy atom. The van der Waals surface area contributed by atoms with Crippen LogP contribution in [0.2, 0.25) is 0 Å². The van der Waals surface area contributed by atoms with Gasteiger partial charge in [0, 0.05) is 19.0 Å². The molecule has 0 fully saturated rings. The molecule has 12 heteroatoms. The summed E-state index contributed by atoms with van der Waals surface area (Å²) in [5.74, 6) is -1.76. The number of nitrogens with one attached hydrogen (secondary N) is 1. The van der Waals surface area contributed by atoms with Crippen LogP contribution in [0.15, 0.2) is 21.2 Å². The van der Waals surface area contributed by atoms with E-state index in [2.05, 4.69) is 20.6 Å². The van der Waals surface area contributed by atoms with Gasteiger partial charge >= 0.3 is 5.97 Å². The molecular formula is C24H32N6O6. The molecule has 0 bridgehead atoms. The Morgan fingerprint density at radius 1 is 1.19 bits per heavy atom. The van der Waals surface area contributed by atoms with Crippen LogP contribution in [0.4, 0.5) is 0 Å². The van der Waals surface area contributed by atoms with Crippen molar-refractivity contribution < 1.29 is 28.8 Å². The molecule has 1 amide bonds. The maximum Gasteiger partial charge on any atom is 0.328 e. The molecule has 1 aromatic carbocycles. The first kappa shape index (κ1) is 26.8. The summed E-state index contributed by atoms with van der Waals surface area (Å²) < 4.78 is 10.8. The number of hydrogen-bond acceptors (Lipinski definition) is 10. The summed E-state index contributed by atoms with van der Waals surface area (Å²) in [4.78, 5) is 29.5. The topological polar surface area (TPSA) is 204 Å². The first-order valence-electron chi connectivity index (χ1n) is 11.7. The van der Waals surface area contributed by atoms with Gasteiger partial charge in [0.2, 0.25) is 11.7 Å². The Kier molecular flexibility index (Phi) is 8.10. The number of unbranched alkanes of at least 4 members (excludes halogenated alkanes) is 1. The molecule has 2 heterocycles. The highest BCUT2D eigenvalue weighted by Crippen LogP contribution is 2.43. The number of aliphatic carboxylic acids is 1. The normalized spacial score (nSPS) is 13.1. The standard InChI is InChI=1S/C24H32N6O6/c1-5-27-22(32)19-18(21-28-13(4)35-30-21)20(36-29-19)15-10-14(12(2)3)17(31)11-16(15)24(26,23(33)34)8-6-7-9-25/h10-12,31H,5-9,25-26H2,1-4H3,(H,27,32)(H,33,34)/t24-/m0/s1. The summed E-state index contributed by atoms with van der Waals surface area (Å²) in [7, 11) is 0. The minimum atomic E-state index is -1.90. The van der Waals surface area contributed by atoms with Crippen LogP contribution in [0.1, 0.15) is 73.5 Å². The van der Waals surface area contributed by atoms with Crippen molar-refractivity contribution in [3.8, 4) is 28.5 Å². The van der Waals surface area contributed by atoms with Crippen LogP contribution < -0.4 is 16.8 Å². The molecule has 12 nitrogen and oxygen atoms in total. The monoisotopic (exact) mass is 500 g/mol. The molecule has 2 aromatic heterocycles. The number of benzene rings is 1. The number of carbonyl (C=O) groups excluding carboxylic acids is 1. The Balaban J connectivity index is 2.37. The number of hydrogen-bond donors (Lipinski definition) is 5. The Morgan fingerprint density at radius 2 is 1.92 bits per heavy atom. The van der Waals surface area contributed by atoms with Crippen molar-refractivity contribution in [1.29, 1.82) is 0 Å². The van der Waals surface area contributed by atoms with E-state index in [1.807, 2.05) is 13.8 Å². The Labute approximate surface area is 208 Å². The lowest BCUT2D eigenvalue weighted by atomic mass is 9.80. The molecule has 0 aliphatic heterocycles. The minimum Gasteiger partial charge on any atom is -0.508 e. The summed E-state index contributed by atoms with van der Waals surface area (Å²) in [6, 6.07) is 2.93. The number of phenols is 1. The van der Waals surface area contributed by atoms with Gasteiger partial charge in [-0.25, -0.2) is 4.79 Å². The van der Waals surface area contributed by atoms with Crippen molar-refractivity contribution in [2.75, 3.05) is 13.1 Å². The number of carboxylic acid groups (broad SMARTS) is 1. The van der Waals surface area contributed by atoms with Gasteiger partial charge in [-0.2, -0.15) is 4.98 Å². The molecule has 7 N–H and O–H groups in total. The van der Waals surface area contributed by atoms with E-state index >= 15 is 0 Å². The second kappa shape index (κ2) is 10.9. The highest BCUT2D eigenvalue weighted by atomic mass is 16.5. The lowest BCUT2D eigenvalue weighted by Gasteiger charge is -2.28. The fourth-order valence-electron chi connectivity index (χ4n) is 4.01. The summed E-state index contributed by atoms with van der Waals surface area (Å²) in [5.41, 5.74) is 11.1. The maximum atomic E-state index is 12.8. The van der Waals surface area contributed by atoms with E-state index in [1.54, 1.807) is 19.9 Å². The van der Waals surface area contributed by atoms with Crippen LogP contribution in [0.25, 0.3) is 22.7 Å². The molecule has 0 unspecified atom stereocenters. The number of nitrogens with two attached hydrogens (primary N) is 2. The zero-order valence-electron chi connectivity index (χ0n) is 20.8. The average molecular weight is 501 g/mol. The van der Waals surface area contributed by atoms with Gasteiger partial charge in [0.05, 0.1) is 0 Å². The predicted octanol–water partition coefficient (Wildman–Crippen LogP) is 2.65. The highest BCUT2D eigenvalue weighted by Gasteiger charge is 2.40. The van der Waals surface area contributed by atoms with Gasteiger partial charge in [0.15, 0.2) is 11.5 Å². The number of aryl methyl sites for hydroxylation is 1. The van der Waals surface area contributed by atoms with Crippen LogP contribution in [0.5, 0.6) is 5.75 Å². The van der Waals surface area contributed by atoms with Crippen LogP contribution in [0, 0.1) is 6.92 Å². The van der Waals surface area contributed by atoms with Gasteiger partial charge in [-0.1, -0.05) is 24.2 Å². The summed E-state index contributed by atoms with van der Waals surface area (Å²) >= 11 is 0. The van der Waals surface area contributed by atoms with E-state index in [1.165, 1.54) is 6.07 Å². The Bertz CT molecular complexity index is 1250. The van der Waals surface area contributed by atoms with Gasteiger partial charge in [-0.3, -0.25) is 4.79 Å². The molecule has 0 radical (unpaired) electrons. The third-order valence-electron chi connectivity index (χ3n) is 5.92. The number of carbonyl (C=O) groups is 2. The van der Waals surface area contributed by atoms with Crippen molar-refractivity contribution in [1.82, 2.24) is 20.6 Å². The largest absolute Gasteiger partial charge is 0.508 e. The number of phenolic OH excluding ortho intramolecular Hbond substituents is 1. The summed E-state index contributed by atoms with van der Waals surface area (Å²) in [6.45, 7) is 7.79. The van der Waals surface area contributed by atoms with Gasteiger partial charge in [-0.05, 0) is 61.9 Å². The minimum absolute atomic E-state index is 0.0313. The molecule has 0 aliphatic rings. The van der Waals surface area contributed by atoms with Crippen LogP contribution in [-0.4, -0.2) is 50.5 Å². The van der Waals surface area contributed by atoms with Crippen LogP contribution in [0.3, 0.4) is 0 Å². The van der Waals surface area contributed by atoms with Crippen molar-refractivity contribution in [2.24, 2.45) is 11.5 Å². The molecule has 0 saturated heterocycles. The van der Waals surface area contributed by atoms with E-state index in [-0.39, 0.29) is 57.9 Å². The number of nitrogens with zero attached hydrogens (tertiary/aromatic N) is 3. The lowest BCUT2D eigenvalue weighted by Crippen LogP contribution is -2.45. The molecule has 0 aliphatic carbocycles. The number of aromatic hydroxyl groups is 1. The molecule has 194 valence electrons. The number of amides is 1. The summed E-state index contributed by atoms with van der Waals surface area (Å²) in [6.07, 6.45) is 1.04. The molecule has 1 atom stereocenters. The average Bonchev–Trinajstić information content (AvgIpc) is 3.45. The number of carboxylic acids is 1. The first-order valence-corrected chi connectivity index (χ1v) is 11.7. The van der Waals surface area contributed by atoms with Crippen molar-refractivity contribution >= 4 is 11.9 Å². The second-order valence-electron chi connectivity index (χ2n) is 8.87. The van der Waals surface area contributed by atoms with E-state index in [9.17, 15) is 19.8 Å². The molecule has 3 aromatic rings. The predicted molar refractivity (Wildman–Crippen MR) is 130 cm³/mol. The molecular weight excluding hydrogens is 468 g/mol. The van der Waals surface area contributed by atoms with Gasteiger partial charge in [0.1, 0.15) is 16.9 Å². The molecule has 0 saturated carbocycles. The van der Waals surface area contributed by atoms with Crippen molar-refractivity contribution in [2.45, 2.75) is 58.4 Å². The third kappa shape index (κ3) is 5.09. The quantitative estimate of drug-likeness (QED) is 0.242. The van der Waals surface area contributed by atoms with E-state index in [4.69, 9.17) is 20.5 Å². The Hall–Kier alpha value is -3.77. The first-order chi connectivity index (χ1) is 17.0. The highest BCUT2D eigenvalue weighted by molar-refractivity contribution is 6.01. The summed E-state index contributed by atoms with van der Waals surface area (Å²) in [5, 5.41) is 31.5. The van der Waals surface area contributed by atoms with Crippen molar-refractivity contribution in [3.63, 3.8) is 0 Å². The van der Waals surface area contributed by atoms with Gasteiger partial charge in [0.25, 0.3) is 5.91 Å². The van der Waals surface area contributed by atoms with Gasteiger partial charge in [-0.15, -0.1) is 0 Å². The van der Waals surface area contributed by atoms with Gasteiger partial charge < -0.3 is 36.0 Å².